The molecule has 5 nitrogen and oxygen atoms in total. The molecule has 26 heavy (non-hydrogen) atoms. The number of anilines is 1. The third kappa shape index (κ3) is 4.26. The van der Waals surface area contributed by atoms with Crippen molar-refractivity contribution in [2.24, 2.45) is 0 Å². The molecule has 0 saturated carbocycles. The number of nitrogens with one attached hydrogen (secondary N) is 2. The summed E-state index contributed by atoms with van der Waals surface area (Å²) in [7, 11) is 0. The molecule has 0 aromatic heterocycles. The number of hydrogen-bond acceptors (Lipinski definition) is 4. The van der Waals surface area contributed by atoms with Gasteiger partial charge in [-0.2, -0.15) is 17.0 Å². The highest BCUT2D eigenvalue weighted by Crippen LogP contribution is 2.27. The zero-order valence-electron chi connectivity index (χ0n) is 13.8. The molecule has 2 aromatic carbocycles. The number of nitrogens with zero attached hydrogens (tertiary/aromatic N) is 1. The second-order valence-corrected chi connectivity index (χ2v) is 8.02. The van der Waals surface area contributed by atoms with Crippen molar-refractivity contribution < 1.29 is 9.59 Å². The molecule has 7 heteroatoms. The zero-order chi connectivity index (χ0) is 18.6. The van der Waals surface area contributed by atoms with Crippen molar-refractivity contribution in [2.45, 2.75) is 12.0 Å². The van der Waals surface area contributed by atoms with E-state index in [4.69, 9.17) is 0 Å². The average molecular weight is 430 g/mol. The van der Waals surface area contributed by atoms with E-state index in [-0.39, 0.29) is 11.8 Å². The fraction of sp³-hybridized carbons (Fsp3) is 0.211. The van der Waals surface area contributed by atoms with Gasteiger partial charge in [-0.3, -0.25) is 9.59 Å². The third-order valence-corrected chi connectivity index (χ3v) is 5.74. The van der Waals surface area contributed by atoms with Crippen LogP contribution in [0.4, 0.5) is 5.69 Å². The molecule has 132 valence electrons. The standard InChI is InChI=1S/C19H16BrN3O2S/c20-15-5-1-3-13(9-15)17(24)22-16-6-2-4-14(10-16)18(25)23-19(11-21)7-8-26-12-19/h1-6,9-10H,7-8,12H2,(H,22,24)(H,23,25). The summed E-state index contributed by atoms with van der Waals surface area (Å²) in [6.07, 6.45) is 0.638. The van der Waals surface area contributed by atoms with Crippen LogP contribution in [-0.2, 0) is 0 Å². The largest absolute Gasteiger partial charge is 0.333 e. The summed E-state index contributed by atoms with van der Waals surface area (Å²) in [6, 6.07) is 16.0. The van der Waals surface area contributed by atoms with Crippen LogP contribution in [0.25, 0.3) is 0 Å². The molecule has 2 aromatic rings. The summed E-state index contributed by atoms with van der Waals surface area (Å²) in [5.74, 6) is 0.877. The smallest absolute Gasteiger partial charge is 0.255 e. The quantitative estimate of drug-likeness (QED) is 0.773. The van der Waals surface area contributed by atoms with Crippen molar-refractivity contribution >= 4 is 45.2 Å². The molecular formula is C19H16BrN3O2S. The first kappa shape index (κ1) is 18.5. The monoisotopic (exact) mass is 429 g/mol. The van der Waals surface area contributed by atoms with Crippen LogP contribution in [0.1, 0.15) is 27.1 Å². The molecule has 1 aliphatic rings. The van der Waals surface area contributed by atoms with Crippen molar-refractivity contribution in [2.75, 3.05) is 16.8 Å². The van der Waals surface area contributed by atoms with Crippen molar-refractivity contribution in [1.82, 2.24) is 5.32 Å². The minimum atomic E-state index is -0.808. The van der Waals surface area contributed by atoms with Crippen LogP contribution < -0.4 is 10.6 Å². The molecule has 1 heterocycles. The van der Waals surface area contributed by atoms with Gasteiger partial charge >= 0.3 is 0 Å². The van der Waals surface area contributed by atoms with E-state index in [1.54, 1.807) is 54.2 Å². The SMILES string of the molecule is N#CC1(NC(=O)c2cccc(NC(=O)c3cccc(Br)c3)c2)CCSC1. The minimum absolute atomic E-state index is 0.260. The van der Waals surface area contributed by atoms with Gasteiger partial charge in [-0.15, -0.1) is 0 Å². The Hall–Kier alpha value is -2.30. The number of benzene rings is 2. The first-order valence-corrected chi connectivity index (χ1v) is 9.95. The third-order valence-electron chi connectivity index (χ3n) is 4.06. The molecule has 2 N–H and O–H groups in total. The first-order chi connectivity index (χ1) is 12.5. The summed E-state index contributed by atoms with van der Waals surface area (Å²) in [4.78, 5) is 24.9. The lowest BCUT2D eigenvalue weighted by Gasteiger charge is -2.21. The van der Waals surface area contributed by atoms with E-state index in [9.17, 15) is 14.9 Å². The molecule has 1 fully saturated rings. The molecule has 0 bridgehead atoms. The van der Waals surface area contributed by atoms with Gasteiger partial charge in [0.05, 0.1) is 6.07 Å². The van der Waals surface area contributed by atoms with E-state index >= 15 is 0 Å². The predicted molar refractivity (Wildman–Crippen MR) is 106 cm³/mol. The topological polar surface area (TPSA) is 82.0 Å². The molecule has 1 unspecified atom stereocenters. The van der Waals surface area contributed by atoms with Gasteiger partial charge in [-0.1, -0.05) is 28.1 Å². The van der Waals surface area contributed by atoms with E-state index in [1.165, 1.54) is 0 Å². The summed E-state index contributed by atoms with van der Waals surface area (Å²) in [6.45, 7) is 0. The van der Waals surface area contributed by atoms with Gasteiger partial charge in [0, 0.05) is 27.0 Å². The van der Waals surface area contributed by atoms with E-state index in [2.05, 4.69) is 32.6 Å². The lowest BCUT2D eigenvalue weighted by molar-refractivity contribution is 0.0925. The number of amides is 2. The van der Waals surface area contributed by atoms with Crippen molar-refractivity contribution in [1.29, 1.82) is 5.26 Å². The van der Waals surface area contributed by atoms with Crippen LogP contribution >= 0.6 is 27.7 Å². The lowest BCUT2D eigenvalue weighted by atomic mass is 10.0. The van der Waals surface area contributed by atoms with Gasteiger partial charge in [-0.05, 0) is 48.6 Å². The maximum absolute atomic E-state index is 12.5. The first-order valence-electron chi connectivity index (χ1n) is 8.00. The average Bonchev–Trinajstić information content (AvgIpc) is 3.11. The second kappa shape index (κ2) is 7.94. The second-order valence-electron chi connectivity index (χ2n) is 6.00. The predicted octanol–water partition coefficient (Wildman–Crippen LogP) is 3.83. The summed E-state index contributed by atoms with van der Waals surface area (Å²) < 4.78 is 0.814. The number of hydrogen-bond donors (Lipinski definition) is 2. The Morgan fingerprint density at radius 2 is 1.85 bits per heavy atom. The molecule has 0 radical (unpaired) electrons. The number of carbonyl (C=O) groups is 2. The molecule has 3 rings (SSSR count). The highest BCUT2D eigenvalue weighted by atomic mass is 79.9. The number of carbonyl (C=O) groups excluding carboxylic acids is 2. The van der Waals surface area contributed by atoms with Crippen LogP contribution in [-0.4, -0.2) is 28.9 Å². The molecule has 2 amide bonds. The van der Waals surface area contributed by atoms with E-state index in [0.717, 1.165) is 10.2 Å². The summed E-state index contributed by atoms with van der Waals surface area (Å²) in [5.41, 5.74) is 0.635. The number of nitriles is 1. The lowest BCUT2D eigenvalue weighted by Crippen LogP contribution is -2.47. The molecule has 1 aliphatic heterocycles. The Morgan fingerprint density at radius 1 is 1.12 bits per heavy atom. The Balaban J connectivity index is 1.73. The Labute approximate surface area is 164 Å². The normalized spacial score (nSPS) is 18.8. The fourth-order valence-electron chi connectivity index (χ4n) is 2.64. The molecular weight excluding hydrogens is 414 g/mol. The van der Waals surface area contributed by atoms with E-state index in [0.29, 0.717) is 29.0 Å². The van der Waals surface area contributed by atoms with Gasteiger partial charge < -0.3 is 10.6 Å². The molecule has 0 aliphatic carbocycles. The highest BCUT2D eigenvalue weighted by molar-refractivity contribution is 9.10. The van der Waals surface area contributed by atoms with Gasteiger partial charge in [0.25, 0.3) is 11.8 Å². The highest BCUT2D eigenvalue weighted by Gasteiger charge is 2.36. The molecule has 1 saturated heterocycles. The van der Waals surface area contributed by atoms with Crippen LogP contribution in [0, 0.1) is 11.3 Å². The van der Waals surface area contributed by atoms with Crippen LogP contribution in [0.15, 0.2) is 53.0 Å². The Morgan fingerprint density at radius 3 is 2.50 bits per heavy atom. The van der Waals surface area contributed by atoms with Crippen molar-refractivity contribution in [3.05, 3.63) is 64.1 Å². The summed E-state index contributed by atoms with van der Waals surface area (Å²) in [5, 5.41) is 15.0. The van der Waals surface area contributed by atoms with Crippen LogP contribution in [0.5, 0.6) is 0 Å². The number of thioether (sulfide) groups is 1. The van der Waals surface area contributed by atoms with Gasteiger partial charge in [0.1, 0.15) is 5.54 Å². The van der Waals surface area contributed by atoms with Crippen LogP contribution in [0.2, 0.25) is 0 Å². The van der Waals surface area contributed by atoms with Crippen molar-refractivity contribution in [3.8, 4) is 6.07 Å². The summed E-state index contributed by atoms with van der Waals surface area (Å²) >= 11 is 4.99. The van der Waals surface area contributed by atoms with E-state index in [1.807, 2.05) is 6.07 Å². The Kier molecular flexibility index (Phi) is 5.64. The maximum atomic E-state index is 12.5. The Bertz CT molecular complexity index is 888. The fourth-order valence-corrected chi connectivity index (χ4v) is 4.31. The van der Waals surface area contributed by atoms with E-state index < -0.39 is 5.54 Å². The number of rotatable bonds is 4. The van der Waals surface area contributed by atoms with Gasteiger partial charge in [0.2, 0.25) is 0 Å². The van der Waals surface area contributed by atoms with Crippen molar-refractivity contribution in [3.63, 3.8) is 0 Å². The maximum Gasteiger partial charge on any atom is 0.255 e. The van der Waals surface area contributed by atoms with Gasteiger partial charge in [0.15, 0.2) is 0 Å². The van der Waals surface area contributed by atoms with Gasteiger partial charge in [-0.25, -0.2) is 0 Å². The van der Waals surface area contributed by atoms with Crippen LogP contribution in [0.3, 0.4) is 0 Å². The number of halogens is 1. The molecule has 0 spiro atoms. The zero-order valence-corrected chi connectivity index (χ0v) is 16.2. The molecule has 1 atom stereocenters. The minimum Gasteiger partial charge on any atom is -0.333 e.